The van der Waals surface area contributed by atoms with Crippen LogP contribution in [0.5, 0.6) is 0 Å². The van der Waals surface area contributed by atoms with Crippen LogP contribution in [-0.4, -0.2) is 39.3 Å². The molecular weight excluding hydrogens is 274 g/mol. The van der Waals surface area contributed by atoms with Crippen LogP contribution in [0.1, 0.15) is 32.0 Å². The second-order valence-corrected chi connectivity index (χ2v) is 5.05. The van der Waals surface area contributed by atoms with Crippen LogP contribution < -0.4 is 16.3 Å². The molecule has 0 spiro atoms. The first-order valence-electron chi connectivity index (χ1n) is 7.31. The lowest BCUT2D eigenvalue weighted by atomic mass is 10.2. The molecule has 2 heterocycles. The molecule has 0 radical (unpaired) electrons. The van der Waals surface area contributed by atoms with Gasteiger partial charge in [-0.15, -0.1) is 0 Å². The summed E-state index contributed by atoms with van der Waals surface area (Å²) in [5, 5.41) is 9.28. The van der Waals surface area contributed by atoms with E-state index in [1.54, 1.807) is 11.5 Å². The lowest BCUT2D eigenvalue weighted by molar-refractivity contribution is -0.126. The third-order valence-corrected chi connectivity index (χ3v) is 3.39. The average Bonchev–Trinajstić information content (AvgIpc) is 2.65. The van der Waals surface area contributed by atoms with E-state index < -0.39 is 5.91 Å². The highest BCUT2D eigenvalue weighted by atomic mass is 16.2. The molecule has 8 nitrogen and oxygen atoms in total. The van der Waals surface area contributed by atoms with Gasteiger partial charge in [-0.05, 0) is 19.8 Å². The molecule has 8 heteroatoms. The minimum Gasteiger partial charge on any atom is -0.355 e. The first-order valence-corrected chi connectivity index (χ1v) is 7.31. The number of carbonyl (C=O) groups excluding carboxylic acids is 2. The maximum atomic E-state index is 12.1. The average molecular weight is 295 g/mol. The topological polar surface area (TPSA) is 98.0 Å². The van der Waals surface area contributed by atoms with Crippen molar-refractivity contribution >= 4 is 11.8 Å². The quantitative estimate of drug-likeness (QED) is 0.730. The van der Waals surface area contributed by atoms with Crippen LogP contribution in [0.3, 0.4) is 0 Å². The van der Waals surface area contributed by atoms with Gasteiger partial charge in [-0.3, -0.25) is 14.2 Å². The molecule has 0 aromatic carbocycles. The molecule has 21 heavy (non-hydrogen) atoms. The van der Waals surface area contributed by atoms with Crippen LogP contribution in [0.4, 0.5) is 0 Å². The molecule has 1 aromatic rings. The molecule has 2 rings (SSSR count). The molecular formula is C13H21N5O3. The third kappa shape index (κ3) is 3.93. The van der Waals surface area contributed by atoms with E-state index >= 15 is 0 Å². The van der Waals surface area contributed by atoms with E-state index in [1.165, 1.54) is 4.68 Å². The second kappa shape index (κ2) is 7.05. The minimum absolute atomic E-state index is 0.0883. The largest absolute Gasteiger partial charge is 0.355 e. The number of fused-ring (bicyclic) bond motifs is 1. The van der Waals surface area contributed by atoms with Gasteiger partial charge in [0.15, 0.2) is 0 Å². The number of likely N-dealkylation sites (N-methyl/N-ethyl adjacent to an activating group) is 1. The number of aryl methyl sites for hydroxylation is 1. The van der Waals surface area contributed by atoms with Crippen molar-refractivity contribution < 1.29 is 9.59 Å². The number of nitrogens with zero attached hydrogens (tertiary/aromatic N) is 3. The minimum atomic E-state index is -0.392. The fourth-order valence-electron chi connectivity index (χ4n) is 2.36. The zero-order chi connectivity index (χ0) is 15.2. The normalized spacial score (nSPS) is 14.1. The smallest absolute Gasteiger partial charge is 0.346 e. The fraction of sp³-hybridized carbons (Fsp3) is 0.692. The van der Waals surface area contributed by atoms with Gasteiger partial charge in [-0.2, -0.15) is 5.10 Å². The summed E-state index contributed by atoms with van der Waals surface area (Å²) in [6, 6.07) is 0. The third-order valence-electron chi connectivity index (χ3n) is 3.39. The monoisotopic (exact) mass is 295 g/mol. The van der Waals surface area contributed by atoms with E-state index in [0.717, 1.165) is 31.5 Å². The Bertz CT molecular complexity index is 575. The Balaban J connectivity index is 1.95. The van der Waals surface area contributed by atoms with E-state index in [9.17, 15) is 14.4 Å². The van der Waals surface area contributed by atoms with Crippen LogP contribution in [0.2, 0.25) is 0 Å². The maximum absolute atomic E-state index is 12.1. The molecule has 116 valence electrons. The van der Waals surface area contributed by atoms with Crippen LogP contribution in [0, 0.1) is 0 Å². The van der Waals surface area contributed by atoms with E-state index in [1.807, 2.05) is 0 Å². The molecule has 1 aliphatic heterocycles. The number of aromatic nitrogens is 3. The van der Waals surface area contributed by atoms with Crippen molar-refractivity contribution in [1.82, 2.24) is 25.0 Å². The van der Waals surface area contributed by atoms with Crippen molar-refractivity contribution in [1.29, 1.82) is 0 Å². The van der Waals surface area contributed by atoms with Gasteiger partial charge in [0.25, 0.3) is 0 Å². The van der Waals surface area contributed by atoms with Crippen molar-refractivity contribution in [2.75, 3.05) is 13.1 Å². The van der Waals surface area contributed by atoms with Crippen LogP contribution >= 0.6 is 0 Å². The van der Waals surface area contributed by atoms with Crippen molar-refractivity contribution in [3.63, 3.8) is 0 Å². The van der Waals surface area contributed by atoms with Gasteiger partial charge in [0.05, 0.1) is 6.54 Å². The molecule has 1 aliphatic rings. The molecule has 0 unspecified atom stereocenters. The van der Waals surface area contributed by atoms with Gasteiger partial charge < -0.3 is 10.6 Å². The summed E-state index contributed by atoms with van der Waals surface area (Å²) in [5.41, 5.74) is -0.250. The maximum Gasteiger partial charge on any atom is 0.346 e. The number of amides is 2. The summed E-state index contributed by atoms with van der Waals surface area (Å²) < 4.78 is 2.82. The van der Waals surface area contributed by atoms with Crippen molar-refractivity contribution in [3.05, 3.63) is 16.3 Å². The summed E-state index contributed by atoms with van der Waals surface area (Å²) in [5.74, 6) is 0.101. The van der Waals surface area contributed by atoms with Crippen LogP contribution in [0.15, 0.2) is 4.79 Å². The summed E-state index contributed by atoms with van der Waals surface area (Å²) in [4.78, 5) is 35.2. The van der Waals surface area contributed by atoms with Crippen LogP contribution in [0.25, 0.3) is 0 Å². The first kappa shape index (κ1) is 15.3. The molecule has 1 aromatic heterocycles. The van der Waals surface area contributed by atoms with Crippen LogP contribution in [-0.2, 0) is 29.1 Å². The highest BCUT2D eigenvalue weighted by Gasteiger charge is 2.17. The van der Waals surface area contributed by atoms with Crippen molar-refractivity contribution in [2.45, 2.75) is 45.7 Å². The number of rotatable bonds is 5. The lowest BCUT2D eigenvalue weighted by Crippen LogP contribution is -2.39. The number of carbonyl (C=O) groups is 2. The van der Waals surface area contributed by atoms with Gasteiger partial charge in [-0.25, -0.2) is 9.48 Å². The van der Waals surface area contributed by atoms with Gasteiger partial charge in [0.1, 0.15) is 12.4 Å². The SMILES string of the molecule is CCNC(=O)CNC(=O)Cn1nc2n(c1=O)CCCCC2. The van der Waals surface area contributed by atoms with Gasteiger partial charge in [0, 0.05) is 19.5 Å². The zero-order valence-electron chi connectivity index (χ0n) is 12.2. The molecule has 0 aliphatic carbocycles. The summed E-state index contributed by atoms with van der Waals surface area (Å²) in [6.07, 6.45) is 3.83. The first-order chi connectivity index (χ1) is 10.1. The number of hydrogen-bond donors (Lipinski definition) is 2. The Labute approximate surface area is 122 Å². The van der Waals surface area contributed by atoms with Gasteiger partial charge in [0.2, 0.25) is 11.8 Å². The Kier molecular flexibility index (Phi) is 5.13. The summed E-state index contributed by atoms with van der Waals surface area (Å²) in [6.45, 7) is 2.74. The number of hydrogen-bond acceptors (Lipinski definition) is 4. The molecule has 0 atom stereocenters. The van der Waals surface area contributed by atoms with Crippen molar-refractivity contribution in [3.8, 4) is 0 Å². The predicted molar refractivity (Wildman–Crippen MR) is 75.7 cm³/mol. The molecule has 2 N–H and O–H groups in total. The second-order valence-electron chi connectivity index (χ2n) is 5.05. The Morgan fingerprint density at radius 3 is 2.76 bits per heavy atom. The Morgan fingerprint density at radius 1 is 1.19 bits per heavy atom. The standard InChI is InChI=1S/C13H21N5O3/c1-2-14-11(19)8-15-12(20)9-18-13(21)17-7-5-3-4-6-10(17)16-18/h2-9H2,1H3,(H,14,19)(H,15,20). The predicted octanol–water partition coefficient (Wildman–Crippen LogP) is -0.976. The van der Waals surface area contributed by atoms with E-state index in [0.29, 0.717) is 13.1 Å². The summed E-state index contributed by atoms with van der Waals surface area (Å²) in [7, 11) is 0. The van der Waals surface area contributed by atoms with Crippen molar-refractivity contribution in [2.24, 2.45) is 0 Å². The summed E-state index contributed by atoms with van der Waals surface area (Å²) >= 11 is 0. The molecule has 0 fully saturated rings. The molecule has 0 bridgehead atoms. The van der Waals surface area contributed by atoms with Gasteiger partial charge in [-0.1, -0.05) is 6.42 Å². The van der Waals surface area contributed by atoms with E-state index in [2.05, 4.69) is 15.7 Å². The Morgan fingerprint density at radius 2 is 2.00 bits per heavy atom. The highest BCUT2D eigenvalue weighted by molar-refractivity contribution is 5.84. The van der Waals surface area contributed by atoms with E-state index in [4.69, 9.17) is 0 Å². The van der Waals surface area contributed by atoms with E-state index in [-0.39, 0.29) is 24.7 Å². The Hall–Kier alpha value is -2.12. The molecule has 0 saturated carbocycles. The van der Waals surface area contributed by atoms with Gasteiger partial charge >= 0.3 is 5.69 Å². The number of nitrogens with one attached hydrogen (secondary N) is 2. The lowest BCUT2D eigenvalue weighted by Gasteiger charge is -2.04. The molecule has 2 amide bonds. The highest BCUT2D eigenvalue weighted by Crippen LogP contribution is 2.09. The zero-order valence-corrected chi connectivity index (χ0v) is 12.2. The fourth-order valence-corrected chi connectivity index (χ4v) is 2.36. The molecule has 0 saturated heterocycles.